The van der Waals surface area contributed by atoms with Crippen LogP contribution in [0, 0.1) is 11.8 Å². The largest absolute Gasteiger partial charge is 0.493 e. The van der Waals surface area contributed by atoms with Gasteiger partial charge in [0.2, 0.25) is 0 Å². The molecule has 0 bridgehead atoms. The van der Waals surface area contributed by atoms with Gasteiger partial charge in [0.1, 0.15) is 11.5 Å². The first-order valence-electron chi connectivity index (χ1n) is 14.4. The highest BCUT2D eigenvalue weighted by Crippen LogP contribution is 2.28. The molecular weight excluding hydrogens is 464 g/mol. The van der Waals surface area contributed by atoms with E-state index < -0.39 is 5.97 Å². The first-order valence-corrected chi connectivity index (χ1v) is 14.4. The van der Waals surface area contributed by atoms with Crippen molar-refractivity contribution < 1.29 is 23.7 Å². The van der Waals surface area contributed by atoms with Gasteiger partial charge in [0.05, 0.1) is 25.4 Å². The summed E-state index contributed by atoms with van der Waals surface area (Å²) in [5, 5.41) is 0. The molecule has 204 valence electrons. The van der Waals surface area contributed by atoms with Gasteiger partial charge in [-0.15, -0.1) is 0 Å². The summed E-state index contributed by atoms with van der Waals surface area (Å²) in [6.45, 7) is 8.69. The van der Waals surface area contributed by atoms with Crippen molar-refractivity contribution in [3.05, 3.63) is 59.7 Å². The average Bonchev–Trinajstić information content (AvgIpc) is 2.94. The Morgan fingerprint density at radius 1 is 0.838 bits per heavy atom. The Bertz CT molecular complexity index is 884. The fourth-order valence-electron chi connectivity index (χ4n) is 4.37. The Morgan fingerprint density at radius 2 is 1.43 bits per heavy atom. The van der Waals surface area contributed by atoms with Crippen molar-refractivity contribution in [3.8, 4) is 11.5 Å². The maximum Gasteiger partial charge on any atom is 0.343 e. The lowest BCUT2D eigenvalue weighted by Crippen LogP contribution is -2.27. The second-order valence-electron chi connectivity index (χ2n) is 10.4. The van der Waals surface area contributed by atoms with Crippen LogP contribution < -0.4 is 9.47 Å². The van der Waals surface area contributed by atoms with Crippen molar-refractivity contribution in [2.45, 2.75) is 91.3 Å². The van der Waals surface area contributed by atoms with Crippen LogP contribution in [0.2, 0.25) is 0 Å². The smallest absolute Gasteiger partial charge is 0.343 e. The van der Waals surface area contributed by atoms with Crippen LogP contribution in [0.4, 0.5) is 0 Å². The third kappa shape index (κ3) is 10.5. The molecule has 1 aliphatic heterocycles. The molecule has 1 saturated heterocycles. The molecule has 37 heavy (non-hydrogen) atoms. The van der Waals surface area contributed by atoms with E-state index in [0.29, 0.717) is 29.8 Å². The summed E-state index contributed by atoms with van der Waals surface area (Å²) in [7, 11) is 0. The van der Waals surface area contributed by atoms with E-state index in [1.807, 2.05) is 24.3 Å². The van der Waals surface area contributed by atoms with Gasteiger partial charge < -0.3 is 18.9 Å². The van der Waals surface area contributed by atoms with Crippen LogP contribution in [-0.4, -0.2) is 25.8 Å². The van der Waals surface area contributed by atoms with E-state index in [1.54, 1.807) is 24.3 Å². The molecule has 1 fully saturated rings. The molecule has 0 amide bonds. The van der Waals surface area contributed by atoms with Crippen LogP contribution in [0.5, 0.6) is 11.5 Å². The third-order valence-corrected chi connectivity index (χ3v) is 7.12. The minimum atomic E-state index is -0.393. The van der Waals surface area contributed by atoms with Gasteiger partial charge in [0, 0.05) is 11.5 Å². The first kappa shape index (κ1) is 29.2. The van der Waals surface area contributed by atoms with Gasteiger partial charge in [-0.3, -0.25) is 0 Å². The maximum atomic E-state index is 12.6. The monoisotopic (exact) mass is 510 g/mol. The fraction of sp³-hybridized carbons (Fsp3) is 0.594. The molecule has 0 unspecified atom stereocenters. The number of hydrogen-bond acceptors (Lipinski definition) is 5. The predicted octanol–water partition coefficient (Wildman–Crippen LogP) is 8.52. The summed E-state index contributed by atoms with van der Waals surface area (Å²) in [6, 6.07) is 14.5. The van der Waals surface area contributed by atoms with E-state index in [0.717, 1.165) is 37.4 Å². The van der Waals surface area contributed by atoms with Gasteiger partial charge in [-0.25, -0.2) is 4.79 Å². The van der Waals surface area contributed by atoms with E-state index in [-0.39, 0.29) is 6.29 Å². The second kappa shape index (κ2) is 16.5. The van der Waals surface area contributed by atoms with E-state index in [1.165, 1.54) is 51.4 Å². The SMILES string of the molecule is CCCCCCCCCC[C@H]1CO[C@H](c2ccc(C(=O)Oc3ccc(OC[C@@H](C)CC)cc3)cc2)OC1. The topological polar surface area (TPSA) is 54.0 Å². The van der Waals surface area contributed by atoms with Crippen LogP contribution in [0.3, 0.4) is 0 Å². The Hall–Kier alpha value is -2.37. The molecule has 3 rings (SSSR count). The molecule has 0 radical (unpaired) electrons. The molecule has 1 aliphatic rings. The van der Waals surface area contributed by atoms with Crippen LogP contribution >= 0.6 is 0 Å². The van der Waals surface area contributed by atoms with E-state index >= 15 is 0 Å². The minimum absolute atomic E-state index is 0.372. The maximum absolute atomic E-state index is 12.6. The van der Waals surface area contributed by atoms with Crippen LogP contribution in [0.15, 0.2) is 48.5 Å². The van der Waals surface area contributed by atoms with Crippen molar-refractivity contribution in [3.63, 3.8) is 0 Å². The van der Waals surface area contributed by atoms with Crippen molar-refractivity contribution in [2.24, 2.45) is 11.8 Å². The van der Waals surface area contributed by atoms with Gasteiger partial charge in [-0.2, -0.15) is 0 Å². The third-order valence-electron chi connectivity index (χ3n) is 7.12. The van der Waals surface area contributed by atoms with Crippen molar-refractivity contribution in [1.82, 2.24) is 0 Å². The molecule has 0 N–H and O–H groups in total. The Kier molecular flexibility index (Phi) is 13.0. The quantitative estimate of drug-likeness (QED) is 0.129. The van der Waals surface area contributed by atoms with Crippen molar-refractivity contribution in [1.29, 1.82) is 0 Å². The molecule has 0 spiro atoms. The Labute approximate surface area is 223 Å². The molecule has 1 atom stereocenters. The zero-order chi connectivity index (χ0) is 26.3. The highest BCUT2D eigenvalue weighted by molar-refractivity contribution is 5.91. The summed E-state index contributed by atoms with van der Waals surface area (Å²) in [4.78, 5) is 12.6. The molecule has 5 heteroatoms. The summed E-state index contributed by atoms with van der Waals surface area (Å²) in [5.41, 5.74) is 1.41. The molecule has 5 nitrogen and oxygen atoms in total. The number of rotatable bonds is 16. The van der Waals surface area contributed by atoms with Gasteiger partial charge >= 0.3 is 5.97 Å². The number of ether oxygens (including phenoxy) is 4. The standard InChI is InChI=1S/C32H46O5/c1-4-6-7-8-9-10-11-12-13-26-23-35-32(36-24-26)28-16-14-27(15-17-28)31(33)37-30-20-18-29(19-21-30)34-22-25(3)5-2/h14-21,25-26,32H,4-13,22-24H2,1-3H3/t25-,26-,32-/m0/s1. The number of carbonyl (C=O) groups is 1. The van der Waals surface area contributed by atoms with Gasteiger partial charge in [-0.1, -0.05) is 90.7 Å². The zero-order valence-corrected chi connectivity index (χ0v) is 23.1. The highest BCUT2D eigenvalue weighted by atomic mass is 16.7. The number of hydrogen-bond donors (Lipinski definition) is 0. The highest BCUT2D eigenvalue weighted by Gasteiger charge is 2.23. The molecular formula is C32H46O5. The van der Waals surface area contributed by atoms with Gasteiger partial charge in [0.15, 0.2) is 6.29 Å². The van der Waals surface area contributed by atoms with Crippen LogP contribution in [0.1, 0.15) is 107 Å². The number of esters is 1. The molecule has 0 aromatic heterocycles. The minimum Gasteiger partial charge on any atom is -0.493 e. The van der Waals surface area contributed by atoms with E-state index in [9.17, 15) is 4.79 Å². The molecule has 2 aromatic rings. The number of benzene rings is 2. The lowest BCUT2D eigenvalue weighted by molar-refractivity contribution is -0.206. The summed E-state index contributed by atoms with van der Waals surface area (Å²) in [5.74, 6) is 1.85. The first-order chi connectivity index (χ1) is 18.1. The average molecular weight is 511 g/mol. The zero-order valence-electron chi connectivity index (χ0n) is 23.1. The molecule has 0 aliphatic carbocycles. The molecule has 0 saturated carbocycles. The Balaban J connectivity index is 1.35. The lowest BCUT2D eigenvalue weighted by atomic mass is 10.0. The van der Waals surface area contributed by atoms with Gasteiger partial charge in [0.25, 0.3) is 0 Å². The lowest BCUT2D eigenvalue weighted by Gasteiger charge is -2.29. The van der Waals surface area contributed by atoms with Crippen molar-refractivity contribution >= 4 is 5.97 Å². The van der Waals surface area contributed by atoms with E-state index in [4.69, 9.17) is 18.9 Å². The number of unbranched alkanes of at least 4 members (excludes halogenated alkanes) is 7. The summed E-state index contributed by atoms with van der Waals surface area (Å²) < 4.78 is 23.3. The van der Waals surface area contributed by atoms with Gasteiger partial charge in [-0.05, 0) is 48.7 Å². The van der Waals surface area contributed by atoms with Crippen LogP contribution in [-0.2, 0) is 9.47 Å². The fourth-order valence-corrected chi connectivity index (χ4v) is 4.37. The van der Waals surface area contributed by atoms with E-state index in [2.05, 4.69) is 20.8 Å². The summed E-state index contributed by atoms with van der Waals surface area (Å²) >= 11 is 0. The van der Waals surface area contributed by atoms with Crippen LogP contribution in [0.25, 0.3) is 0 Å². The summed E-state index contributed by atoms with van der Waals surface area (Å²) in [6.07, 6.45) is 12.6. The molecule has 2 aromatic carbocycles. The predicted molar refractivity (Wildman–Crippen MR) is 148 cm³/mol. The normalized spacial score (nSPS) is 18.4. The number of carbonyl (C=O) groups excluding carboxylic acids is 1. The molecule has 1 heterocycles. The van der Waals surface area contributed by atoms with Crippen molar-refractivity contribution in [2.75, 3.05) is 19.8 Å². The Morgan fingerprint density at radius 3 is 2.05 bits per heavy atom. The second-order valence-corrected chi connectivity index (χ2v) is 10.4.